The van der Waals surface area contributed by atoms with Crippen molar-refractivity contribution in [2.75, 3.05) is 18.5 Å². The molecule has 0 aliphatic carbocycles. The van der Waals surface area contributed by atoms with Gasteiger partial charge in [0.1, 0.15) is 5.75 Å². The fourth-order valence-corrected chi connectivity index (χ4v) is 4.97. The van der Waals surface area contributed by atoms with Gasteiger partial charge in [-0.1, -0.05) is 24.3 Å². The number of hydrogen-bond acceptors (Lipinski definition) is 4. The Morgan fingerprint density at radius 1 is 1.21 bits per heavy atom. The van der Waals surface area contributed by atoms with E-state index >= 15 is 0 Å². The Hall–Kier alpha value is -2.47. The van der Waals surface area contributed by atoms with Gasteiger partial charge in [0.25, 0.3) is 0 Å². The van der Waals surface area contributed by atoms with Gasteiger partial charge >= 0.3 is 0 Å². The molecule has 2 heterocycles. The molecule has 2 aliphatic heterocycles. The number of carbonyl (C=O) groups is 2. The number of benzene rings is 2. The Bertz CT molecular complexity index is 868. The summed E-state index contributed by atoms with van der Waals surface area (Å²) in [6.07, 6.45) is 2.15. The molecule has 0 unspecified atom stereocenters. The van der Waals surface area contributed by atoms with Crippen LogP contribution in [0.4, 0.5) is 5.69 Å². The van der Waals surface area contributed by atoms with Gasteiger partial charge in [0.05, 0.1) is 23.6 Å². The number of thioether (sulfide) groups is 1. The van der Waals surface area contributed by atoms with Crippen molar-refractivity contribution in [1.29, 1.82) is 0 Å². The molecule has 0 radical (unpaired) electrons. The predicted molar refractivity (Wildman–Crippen MR) is 111 cm³/mol. The molecule has 2 aliphatic rings. The van der Waals surface area contributed by atoms with Gasteiger partial charge in [0.2, 0.25) is 11.8 Å². The van der Waals surface area contributed by atoms with E-state index in [1.54, 1.807) is 0 Å². The number of nitrogens with one attached hydrogen (secondary N) is 1. The summed E-state index contributed by atoms with van der Waals surface area (Å²) in [4.78, 5) is 28.4. The SMILES string of the molecule is CCOc1ccc([C@H]2CCCN2C(=O)C[C@@H]2Sc3ccccc3NC2=O)cc1. The molecule has 6 heteroatoms. The van der Waals surface area contributed by atoms with Gasteiger partial charge in [-0.3, -0.25) is 9.59 Å². The highest BCUT2D eigenvalue weighted by atomic mass is 32.2. The van der Waals surface area contributed by atoms with E-state index in [-0.39, 0.29) is 29.5 Å². The average molecular weight is 397 g/mol. The molecule has 2 aromatic rings. The standard InChI is InChI=1S/C22H24N2O3S/c1-2-27-16-11-9-15(10-12-16)18-7-5-13-24(18)21(25)14-20-22(26)23-17-6-3-4-8-19(17)28-20/h3-4,6,8-12,18,20H,2,5,7,13-14H2,1H3,(H,23,26)/t18-,20+/m1/s1. The van der Waals surface area contributed by atoms with Crippen molar-refractivity contribution in [3.05, 3.63) is 54.1 Å². The number of carbonyl (C=O) groups excluding carboxylic acids is 2. The van der Waals surface area contributed by atoms with E-state index in [9.17, 15) is 9.59 Å². The van der Waals surface area contributed by atoms with Crippen LogP contribution in [0.15, 0.2) is 53.4 Å². The molecule has 1 N–H and O–H groups in total. The zero-order valence-electron chi connectivity index (χ0n) is 15.9. The van der Waals surface area contributed by atoms with Gasteiger partial charge < -0.3 is 15.0 Å². The first-order valence-electron chi connectivity index (χ1n) is 9.74. The number of ether oxygens (including phenoxy) is 1. The minimum absolute atomic E-state index is 0.0448. The van der Waals surface area contributed by atoms with Crippen LogP contribution < -0.4 is 10.1 Å². The van der Waals surface area contributed by atoms with E-state index in [4.69, 9.17) is 4.74 Å². The number of hydrogen-bond donors (Lipinski definition) is 1. The number of para-hydroxylation sites is 1. The first-order chi connectivity index (χ1) is 13.7. The molecular formula is C22H24N2O3S. The molecule has 2 amide bonds. The fraction of sp³-hybridized carbons (Fsp3) is 0.364. The highest BCUT2D eigenvalue weighted by Crippen LogP contribution is 2.38. The van der Waals surface area contributed by atoms with E-state index in [0.29, 0.717) is 6.61 Å². The second-order valence-electron chi connectivity index (χ2n) is 7.04. The maximum Gasteiger partial charge on any atom is 0.238 e. The number of nitrogens with zero attached hydrogens (tertiary/aromatic N) is 1. The van der Waals surface area contributed by atoms with Crippen molar-refractivity contribution in [1.82, 2.24) is 4.90 Å². The van der Waals surface area contributed by atoms with Crippen LogP contribution in [-0.4, -0.2) is 35.1 Å². The third-order valence-electron chi connectivity index (χ3n) is 5.22. The highest BCUT2D eigenvalue weighted by Gasteiger charge is 2.34. The van der Waals surface area contributed by atoms with Crippen LogP contribution in [0, 0.1) is 0 Å². The molecule has 28 heavy (non-hydrogen) atoms. The lowest BCUT2D eigenvalue weighted by atomic mass is 10.0. The third-order valence-corrected chi connectivity index (χ3v) is 6.49. The third kappa shape index (κ3) is 3.87. The van der Waals surface area contributed by atoms with Crippen molar-refractivity contribution in [3.63, 3.8) is 0 Å². The molecule has 0 aromatic heterocycles. The smallest absolute Gasteiger partial charge is 0.238 e. The minimum atomic E-state index is -0.385. The molecule has 2 atom stereocenters. The van der Waals surface area contributed by atoms with E-state index in [2.05, 4.69) is 5.32 Å². The van der Waals surface area contributed by atoms with Crippen LogP contribution in [0.3, 0.4) is 0 Å². The summed E-state index contributed by atoms with van der Waals surface area (Å²) in [7, 11) is 0. The van der Waals surface area contributed by atoms with Crippen LogP contribution >= 0.6 is 11.8 Å². The summed E-state index contributed by atoms with van der Waals surface area (Å²) in [6, 6.07) is 15.8. The van der Waals surface area contributed by atoms with Gasteiger partial charge in [-0.05, 0) is 49.6 Å². The molecule has 1 fully saturated rings. The second kappa shape index (κ2) is 8.27. The number of rotatable bonds is 5. The minimum Gasteiger partial charge on any atom is -0.494 e. The summed E-state index contributed by atoms with van der Waals surface area (Å²) >= 11 is 1.48. The van der Waals surface area contributed by atoms with Crippen molar-refractivity contribution in [2.45, 2.75) is 42.4 Å². The molecule has 5 nitrogen and oxygen atoms in total. The maximum atomic E-state index is 13.0. The number of amides is 2. The number of fused-ring (bicyclic) bond motifs is 1. The number of likely N-dealkylation sites (tertiary alicyclic amines) is 1. The molecule has 0 saturated carbocycles. The maximum absolute atomic E-state index is 13.0. The second-order valence-corrected chi connectivity index (χ2v) is 8.29. The van der Waals surface area contributed by atoms with Crippen LogP contribution in [0.2, 0.25) is 0 Å². The Balaban J connectivity index is 1.44. The lowest BCUT2D eigenvalue weighted by Crippen LogP contribution is -2.37. The lowest BCUT2D eigenvalue weighted by molar-refractivity contribution is -0.133. The summed E-state index contributed by atoms with van der Waals surface area (Å²) in [6.45, 7) is 3.34. The van der Waals surface area contributed by atoms with E-state index < -0.39 is 0 Å². The van der Waals surface area contributed by atoms with Crippen molar-refractivity contribution in [3.8, 4) is 5.75 Å². The topological polar surface area (TPSA) is 58.6 Å². The first kappa shape index (κ1) is 18.9. The van der Waals surface area contributed by atoms with Crippen LogP contribution in [-0.2, 0) is 9.59 Å². The average Bonchev–Trinajstić information content (AvgIpc) is 3.19. The van der Waals surface area contributed by atoms with Crippen molar-refractivity contribution >= 4 is 29.3 Å². The molecule has 0 bridgehead atoms. The Labute approximate surface area is 169 Å². The summed E-state index contributed by atoms with van der Waals surface area (Å²) in [5.41, 5.74) is 1.95. The van der Waals surface area contributed by atoms with Crippen LogP contribution in [0.1, 0.15) is 37.8 Å². The van der Waals surface area contributed by atoms with Gasteiger partial charge in [0, 0.05) is 17.9 Å². The highest BCUT2D eigenvalue weighted by molar-refractivity contribution is 8.01. The molecule has 1 saturated heterocycles. The van der Waals surface area contributed by atoms with Gasteiger partial charge in [-0.15, -0.1) is 11.8 Å². The van der Waals surface area contributed by atoms with Gasteiger partial charge in [-0.25, -0.2) is 0 Å². The van der Waals surface area contributed by atoms with Crippen LogP contribution in [0.25, 0.3) is 0 Å². The van der Waals surface area contributed by atoms with Crippen molar-refractivity contribution < 1.29 is 14.3 Å². The quantitative estimate of drug-likeness (QED) is 0.821. The summed E-state index contributed by atoms with van der Waals surface area (Å²) in [5.74, 6) is 0.799. The Morgan fingerprint density at radius 2 is 2.00 bits per heavy atom. The fourth-order valence-electron chi connectivity index (χ4n) is 3.87. The van der Waals surface area contributed by atoms with E-state index in [1.165, 1.54) is 11.8 Å². The zero-order chi connectivity index (χ0) is 19.5. The normalized spacial score (nSPS) is 21.2. The number of anilines is 1. The molecule has 146 valence electrons. The summed E-state index contributed by atoms with van der Waals surface area (Å²) < 4.78 is 5.51. The largest absolute Gasteiger partial charge is 0.494 e. The molecule has 0 spiro atoms. The molecular weight excluding hydrogens is 372 g/mol. The van der Waals surface area contributed by atoms with Crippen molar-refractivity contribution in [2.24, 2.45) is 0 Å². The van der Waals surface area contributed by atoms with Gasteiger partial charge in [0.15, 0.2) is 0 Å². The van der Waals surface area contributed by atoms with Crippen LogP contribution in [0.5, 0.6) is 5.75 Å². The molecule has 4 rings (SSSR count). The molecule has 2 aromatic carbocycles. The zero-order valence-corrected chi connectivity index (χ0v) is 16.7. The predicted octanol–water partition coefficient (Wildman–Crippen LogP) is 4.25. The van der Waals surface area contributed by atoms with E-state index in [0.717, 1.165) is 41.3 Å². The Morgan fingerprint density at radius 3 is 2.79 bits per heavy atom. The van der Waals surface area contributed by atoms with Gasteiger partial charge in [-0.2, -0.15) is 0 Å². The first-order valence-corrected chi connectivity index (χ1v) is 10.6. The Kier molecular flexibility index (Phi) is 5.57. The van der Waals surface area contributed by atoms with E-state index in [1.807, 2.05) is 60.4 Å². The monoisotopic (exact) mass is 396 g/mol. The lowest BCUT2D eigenvalue weighted by Gasteiger charge is -2.28. The summed E-state index contributed by atoms with van der Waals surface area (Å²) in [5, 5.41) is 2.54.